The van der Waals surface area contributed by atoms with Gasteiger partial charge in [0.1, 0.15) is 18.0 Å². The highest BCUT2D eigenvalue weighted by atomic mass is 16.5. The number of ether oxygens (including phenoxy) is 2. The summed E-state index contributed by atoms with van der Waals surface area (Å²) in [6.45, 7) is 0.994. The molecule has 6 heteroatoms. The van der Waals surface area contributed by atoms with Gasteiger partial charge in [-0.25, -0.2) is 0 Å². The third kappa shape index (κ3) is 5.34. The molecule has 6 nitrogen and oxygen atoms in total. The van der Waals surface area contributed by atoms with Crippen molar-refractivity contribution in [1.29, 1.82) is 0 Å². The second-order valence-electron chi connectivity index (χ2n) is 8.13. The lowest BCUT2D eigenvalue weighted by Crippen LogP contribution is -2.58. The summed E-state index contributed by atoms with van der Waals surface area (Å²) in [5.74, 6) is 1.23. The van der Waals surface area contributed by atoms with E-state index in [4.69, 9.17) is 9.47 Å². The van der Waals surface area contributed by atoms with Crippen LogP contribution >= 0.6 is 0 Å². The van der Waals surface area contributed by atoms with Crippen molar-refractivity contribution in [3.8, 4) is 11.5 Å². The first-order chi connectivity index (χ1) is 16.1. The zero-order valence-corrected chi connectivity index (χ0v) is 18.9. The minimum Gasteiger partial charge on any atom is -0.497 e. The Kier molecular flexibility index (Phi) is 6.93. The molecule has 1 atom stereocenters. The lowest BCUT2D eigenvalue weighted by atomic mass is 10.00. The number of hydrogen-bond donors (Lipinski definition) is 0. The summed E-state index contributed by atoms with van der Waals surface area (Å²) in [7, 11) is 3.22. The summed E-state index contributed by atoms with van der Waals surface area (Å²) in [5.41, 5.74) is 2.67. The van der Waals surface area contributed by atoms with Crippen LogP contribution in [0.5, 0.6) is 11.5 Å². The molecule has 1 fully saturated rings. The lowest BCUT2D eigenvalue weighted by molar-refractivity contribution is -0.139. The molecule has 33 heavy (non-hydrogen) atoms. The van der Waals surface area contributed by atoms with E-state index in [9.17, 15) is 9.59 Å². The first kappa shape index (κ1) is 22.4. The summed E-state index contributed by atoms with van der Waals surface area (Å²) in [6.07, 6.45) is 0.670. The van der Waals surface area contributed by atoms with Crippen molar-refractivity contribution in [3.63, 3.8) is 0 Å². The van der Waals surface area contributed by atoms with Crippen molar-refractivity contribution in [2.75, 3.05) is 27.3 Å². The van der Waals surface area contributed by atoms with Gasteiger partial charge in [0.2, 0.25) is 5.91 Å². The van der Waals surface area contributed by atoms with Gasteiger partial charge in [0.05, 0.1) is 20.3 Å². The fraction of sp³-hybridized carbons (Fsp3) is 0.259. The molecule has 2 amide bonds. The van der Waals surface area contributed by atoms with Gasteiger partial charge in [0, 0.05) is 18.7 Å². The van der Waals surface area contributed by atoms with Gasteiger partial charge < -0.3 is 19.3 Å². The predicted molar refractivity (Wildman–Crippen MR) is 126 cm³/mol. The fourth-order valence-electron chi connectivity index (χ4n) is 4.19. The summed E-state index contributed by atoms with van der Waals surface area (Å²) in [4.78, 5) is 30.0. The Bertz CT molecular complexity index is 1100. The van der Waals surface area contributed by atoms with Crippen LogP contribution in [0, 0.1) is 0 Å². The molecule has 1 aliphatic rings. The maximum atomic E-state index is 13.3. The smallest absolute Gasteiger partial charge is 0.254 e. The Morgan fingerprint density at radius 3 is 2.27 bits per heavy atom. The van der Waals surface area contributed by atoms with E-state index in [1.807, 2.05) is 47.4 Å². The quantitative estimate of drug-likeness (QED) is 0.556. The summed E-state index contributed by atoms with van der Waals surface area (Å²) in [5, 5.41) is 0. The fourth-order valence-corrected chi connectivity index (χ4v) is 4.19. The van der Waals surface area contributed by atoms with Gasteiger partial charge in [-0.2, -0.15) is 0 Å². The molecular weight excluding hydrogens is 416 g/mol. The maximum absolute atomic E-state index is 13.3. The van der Waals surface area contributed by atoms with Crippen molar-refractivity contribution in [1.82, 2.24) is 9.80 Å². The number of benzene rings is 3. The Morgan fingerprint density at radius 2 is 1.58 bits per heavy atom. The van der Waals surface area contributed by atoms with Crippen LogP contribution in [-0.2, 0) is 17.8 Å². The van der Waals surface area contributed by atoms with Gasteiger partial charge in [-0.3, -0.25) is 9.59 Å². The number of rotatable bonds is 7. The first-order valence-corrected chi connectivity index (χ1v) is 11.0. The van der Waals surface area contributed by atoms with E-state index >= 15 is 0 Å². The molecule has 0 unspecified atom stereocenters. The molecule has 0 bridgehead atoms. The van der Waals surface area contributed by atoms with E-state index in [1.54, 1.807) is 43.4 Å². The van der Waals surface area contributed by atoms with Crippen LogP contribution in [0.1, 0.15) is 21.5 Å². The summed E-state index contributed by atoms with van der Waals surface area (Å²) < 4.78 is 10.5. The average molecular weight is 445 g/mol. The molecule has 3 aromatic rings. The van der Waals surface area contributed by atoms with Crippen LogP contribution in [0.25, 0.3) is 0 Å². The second kappa shape index (κ2) is 10.2. The average Bonchev–Trinajstić information content (AvgIpc) is 2.86. The number of amides is 2. The first-order valence-electron chi connectivity index (χ1n) is 11.0. The van der Waals surface area contributed by atoms with Gasteiger partial charge in [0.15, 0.2) is 0 Å². The molecular formula is C27H28N2O4. The molecule has 4 rings (SSSR count). The number of carbonyl (C=O) groups is 2. The number of hydrogen-bond acceptors (Lipinski definition) is 4. The largest absolute Gasteiger partial charge is 0.497 e. The Hall–Kier alpha value is -3.80. The number of nitrogens with zero attached hydrogens (tertiary/aromatic N) is 2. The molecule has 1 saturated heterocycles. The van der Waals surface area contributed by atoms with Crippen LogP contribution in [0.2, 0.25) is 0 Å². The van der Waals surface area contributed by atoms with E-state index in [2.05, 4.69) is 12.1 Å². The van der Waals surface area contributed by atoms with Crippen molar-refractivity contribution in [3.05, 3.63) is 95.6 Å². The van der Waals surface area contributed by atoms with Gasteiger partial charge >= 0.3 is 0 Å². The molecule has 0 aromatic heterocycles. The van der Waals surface area contributed by atoms with Crippen molar-refractivity contribution >= 4 is 11.8 Å². The van der Waals surface area contributed by atoms with E-state index in [1.165, 1.54) is 0 Å². The molecule has 0 spiro atoms. The van der Waals surface area contributed by atoms with Crippen molar-refractivity contribution < 1.29 is 19.1 Å². The zero-order valence-electron chi connectivity index (χ0n) is 18.9. The number of carbonyl (C=O) groups excluding carboxylic acids is 2. The van der Waals surface area contributed by atoms with Crippen molar-refractivity contribution in [2.45, 2.75) is 19.0 Å². The van der Waals surface area contributed by atoms with Gasteiger partial charge in [-0.1, -0.05) is 42.5 Å². The molecule has 1 heterocycles. The minimum absolute atomic E-state index is 0.0557. The second-order valence-corrected chi connectivity index (χ2v) is 8.13. The Morgan fingerprint density at radius 1 is 0.879 bits per heavy atom. The molecule has 0 saturated carbocycles. The monoisotopic (exact) mass is 444 g/mol. The minimum atomic E-state index is -0.148. The maximum Gasteiger partial charge on any atom is 0.254 e. The summed E-state index contributed by atoms with van der Waals surface area (Å²) in [6, 6.07) is 24.7. The lowest BCUT2D eigenvalue weighted by Gasteiger charge is -2.41. The van der Waals surface area contributed by atoms with Crippen LogP contribution in [0.3, 0.4) is 0 Å². The van der Waals surface area contributed by atoms with Crippen LogP contribution in [-0.4, -0.2) is 55.0 Å². The molecule has 3 aromatic carbocycles. The highest BCUT2D eigenvalue weighted by Crippen LogP contribution is 2.23. The number of methoxy groups -OCH3 is 2. The highest BCUT2D eigenvalue weighted by Gasteiger charge is 2.35. The highest BCUT2D eigenvalue weighted by molar-refractivity contribution is 5.97. The predicted octanol–water partition coefficient (Wildman–Crippen LogP) is 3.80. The van der Waals surface area contributed by atoms with Gasteiger partial charge in [-0.05, 0) is 53.9 Å². The van der Waals surface area contributed by atoms with Crippen molar-refractivity contribution in [2.24, 2.45) is 0 Å². The van der Waals surface area contributed by atoms with E-state index in [-0.39, 0.29) is 24.4 Å². The molecule has 170 valence electrons. The molecule has 0 radical (unpaired) electrons. The Labute approximate surface area is 194 Å². The molecule has 0 N–H and O–H groups in total. The third-order valence-electron chi connectivity index (χ3n) is 5.94. The van der Waals surface area contributed by atoms with Gasteiger partial charge in [-0.15, -0.1) is 0 Å². The van der Waals surface area contributed by atoms with Crippen LogP contribution in [0.15, 0.2) is 78.9 Å². The number of piperazine rings is 1. The standard InChI is InChI=1S/C27H28N2O4/c1-32-24-13-11-22(12-14-24)27(31)28-18-23(15-20-7-4-3-5-8-20)29(26(30)19-28)17-21-9-6-10-25(16-21)33-2/h3-14,16,23H,15,17-19H2,1-2H3/t23-/m0/s1. The SMILES string of the molecule is COc1ccc(C(=O)N2CC(=O)N(Cc3cccc(OC)c3)[C@@H](Cc3ccccc3)C2)cc1. The van der Waals surface area contributed by atoms with Crippen LogP contribution < -0.4 is 9.47 Å². The van der Waals surface area contributed by atoms with E-state index in [0.29, 0.717) is 30.8 Å². The van der Waals surface area contributed by atoms with Gasteiger partial charge in [0.25, 0.3) is 5.91 Å². The molecule has 1 aliphatic heterocycles. The van der Waals surface area contributed by atoms with E-state index < -0.39 is 0 Å². The van der Waals surface area contributed by atoms with Crippen LogP contribution in [0.4, 0.5) is 0 Å². The summed E-state index contributed by atoms with van der Waals surface area (Å²) >= 11 is 0. The van der Waals surface area contributed by atoms with E-state index in [0.717, 1.165) is 16.9 Å². The normalized spacial score (nSPS) is 15.9. The third-order valence-corrected chi connectivity index (χ3v) is 5.94. The topological polar surface area (TPSA) is 59.1 Å². The zero-order chi connectivity index (χ0) is 23.2. The Balaban J connectivity index is 1.57. The molecule has 0 aliphatic carbocycles.